The lowest BCUT2D eigenvalue weighted by atomic mass is 9.91. The van der Waals surface area contributed by atoms with Gasteiger partial charge in [-0.3, -0.25) is 0 Å². The predicted octanol–water partition coefficient (Wildman–Crippen LogP) is 14.3. The van der Waals surface area contributed by atoms with Gasteiger partial charge in [-0.1, -0.05) is 140 Å². The Hall–Kier alpha value is -6.22. The molecule has 0 saturated heterocycles. The topological polar surface area (TPSA) is 3.24 Å². The molecule has 234 valence electrons. The minimum Gasteiger partial charge on any atom is -0.310 e. The zero-order valence-electron chi connectivity index (χ0n) is 27.3. The average molecular weight is 654 g/mol. The highest BCUT2D eigenvalue weighted by Gasteiger charge is 2.17. The van der Waals surface area contributed by atoms with E-state index in [1.165, 1.54) is 74.7 Å². The summed E-state index contributed by atoms with van der Waals surface area (Å²) in [6.45, 7) is 0. The van der Waals surface area contributed by atoms with E-state index < -0.39 is 0 Å². The highest BCUT2D eigenvalue weighted by Crippen LogP contribution is 2.43. The fourth-order valence-electron chi connectivity index (χ4n) is 7.64. The standard InChI is InChI=1S/C48H31NS/c1-2-10-32(11-3-1)33-20-24-37(25-21-33)49(39-28-29-43-42-15-8-9-17-46(42)50-47(43)31-39)38-26-22-35(23-27-38)45-30-36-19-18-34-12-4-5-13-40(34)48(36)44-16-7-6-14-41(44)45/h1-31H. The van der Waals surface area contributed by atoms with Crippen LogP contribution in [0, 0.1) is 0 Å². The van der Waals surface area contributed by atoms with Crippen molar-refractivity contribution in [2.24, 2.45) is 0 Å². The van der Waals surface area contributed by atoms with E-state index in [0.717, 1.165) is 17.1 Å². The number of nitrogens with zero attached hydrogens (tertiary/aromatic N) is 1. The molecule has 10 rings (SSSR count). The molecule has 10 aromatic rings. The molecule has 1 heterocycles. The summed E-state index contributed by atoms with van der Waals surface area (Å²) in [5, 5.41) is 10.3. The summed E-state index contributed by atoms with van der Waals surface area (Å²) < 4.78 is 2.61. The van der Waals surface area contributed by atoms with E-state index in [-0.39, 0.29) is 0 Å². The summed E-state index contributed by atoms with van der Waals surface area (Å²) in [6.07, 6.45) is 0. The summed E-state index contributed by atoms with van der Waals surface area (Å²) in [4.78, 5) is 2.38. The molecule has 0 saturated carbocycles. The van der Waals surface area contributed by atoms with E-state index in [1.54, 1.807) is 0 Å². The van der Waals surface area contributed by atoms with Crippen molar-refractivity contribution >= 4 is 80.9 Å². The summed E-state index contributed by atoms with van der Waals surface area (Å²) in [5.41, 5.74) is 8.28. The molecule has 0 atom stereocenters. The van der Waals surface area contributed by atoms with Crippen LogP contribution in [0.1, 0.15) is 0 Å². The molecule has 50 heavy (non-hydrogen) atoms. The van der Waals surface area contributed by atoms with Crippen molar-refractivity contribution in [2.75, 3.05) is 4.90 Å². The van der Waals surface area contributed by atoms with Crippen LogP contribution < -0.4 is 4.90 Å². The van der Waals surface area contributed by atoms with Crippen molar-refractivity contribution in [3.63, 3.8) is 0 Å². The van der Waals surface area contributed by atoms with Gasteiger partial charge in [0, 0.05) is 37.2 Å². The van der Waals surface area contributed by atoms with E-state index in [9.17, 15) is 0 Å². The van der Waals surface area contributed by atoms with E-state index in [4.69, 9.17) is 0 Å². The average Bonchev–Trinajstić information content (AvgIpc) is 3.56. The minimum absolute atomic E-state index is 1.12. The summed E-state index contributed by atoms with van der Waals surface area (Å²) >= 11 is 1.86. The number of anilines is 3. The molecule has 0 radical (unpaired) electrons. The predicted molar refractivity (Wildman–Crippen MR) is 217 cm³/mol. The maximum atomic E-state index is 2.38. The van der Waals surface area contributed by atoms with Crippen LogP contribution in [0.4, 0.5) is 17.1 Å². The van der Waals surface area contributed by atoms with Crippen molar-refractivity contribution in [1.82, 2.24) is 0 Å². The van der Waals surface area contributed by atoms with Crippen LogP contribution in [-0.4, -0.2) is 0 Å². The fraction of sp³-hybridized carbons (Fsp3) is 0. The Kier molecular flexibility index (Phi) is 6.75. The summed E-state index contributed by atoms with van der Waals surface area (Å²) in [5.74, 6) is 0. The zero-order valence-corrected chi connectivity index (χ0v) is 28.1. The number of rotatable bonds is 5. The highest BCUT2D eigenvalue weighted by molar-refractivity contribution is 7.25. The monoisotopic (exact) mass is 653 g/mol. The molecule has 0 aliphatic rings. The lowest BCUT2D eigenvalue weighted by molar-refractivity contribution is 1.29. The third-order valence-electron chi connectivity index (χ3n) is 10.0. The molecule has 0 amide bonds. The lowest BCUT2D eigenvalue weighted by Crippen LogP contribution is -2.09. The molecule has 0 bridgehead atoms. The Morgan fingerprint density at radius 3 is 1.66 bits per heavy atom. The maximum absolute atomic E-state index is 2.38. The number of thiophene rings is 1. The molecular weight excluding hydrogens is 623 g/mol. The molecule has 0 aliphatic carbocycles. The number of hydrogen-bond acceptors (Lipinski definition) is 2. The molecule has 9 aromatic carbocycles. The van der Waals surface area contributed by atoms with Crippen LogP contribution in [0.3, 0.4) is 0 Å². The molecular formula is C48H31NS. The first kappa shape index (κ1) is 28.8. The van der Waals surface area contributed by atoms with Gasteiger partial charge in [0.05, 0.1) is 0 Å². The molecule has 0 spiro atoms. The quantitative estimate of drug-likeness (QED) is 0.167. The molecule has 0 N–H and O–H groups in total. The molecule has 0 unspecified atom stereocenters. The van der Waals surface area contributed by atoms with Crippen molar-refractivity contribution in [2.45, 2.75) is 0 Å². The van der Waals surface area contributed by atoms with Gasteiger partial charge in [-0.2, -0.15) is 0 Å². The van der Waals surface area contributed by atoms with E-state index in [1.807, 2.05) is 11.3 Å². The Labute approximate surface area is 294 Å². The van der Waals surface area contributed by atoms with Gasteiger partial charge in [0.1, 0.15) is 0 Å². The summed E-state index contributed by atoms with van der Waals surface area (Å²) in [7, 11) is 0. The van der Waals surface area contributed by atoms with Gasteiger partial charge in [0.2, 0.25) is 0 Å². The molecule has 1 nitrogen and oxygen atoms in total. The fourth-order valence-corrected chi connectivity index (χ4v) is 8.78. The van der Waals surface area contributed by atoms with E-state index in [0.29, 0.717) is 0 Å². The van der Waals surface area contributed by atoms with Gasteiger partial charge in [-0.25, -0.2) is 0 Å². The maximum Gasteiger partial charge on any atom is 0.0476 e. The summed E-state index contributed by atoms with van der Waals surface area (Å²) in [6, 6.07) is 68.7. The first-order chi connectivity index (χ1) is 24.8. The smallest absolute Gasteiger partial charge is 0.0476 e. The highest BCUT2D eigenvalue weighted by atomic mass is 32.1. The van der Waals surface area contributed by atoms with Gasteiger partial charge in [0.15, 0.2) is 0 Å². The van der Waals surface area contributed by atoms with Gasteiger partial charge in [-0.05, 0) is 103 Å². The van der Waals surface area contributed by atoms with Gasteiger partial charge >= 0.3 is 0 Å². The van der Waals surface area contributed by atoms with E-state index >= 15 is 0 Å². The van der Waals surface area contributed by atoms with Crippen LogP contribution in [0.25, 0.3) is 74.7 Å². The van der Waals surface area contributed by atoms with Gasteiger partial charge in [-0.15, -0.1) is 11.3 Å². The second-order valence-corrected chi connectivity index (χ2v) is 14.0. The zero-order chi connectivity index (χ0) is 33.0. The largest absolute Gasteiger partial charge is 0.310 e. The molecule has 0 aliphatic heterocycles. The molecule has 1 aromatic heterocycles. The van der Waals surface area contributed by atoms with Crippen molar-refractivity contribution in [3.05, 3.63) is 188 Å². The van der Waals surface area contributed by atoms with Crippen LogP contribution in [0.15, 0.2) is 188 Å². The van der Waals surface area contributed by atoms with Crippen molar-refractivity contribution < 1.29 is 0 Å². The Morgan fingerprint density at radius 2 is 0.880 bits per heavy atom. The molecule has 2 heteroatoms. The Balaban J connectivity index is 1.11. The Morgan fingerprint density at radius 1 is 0.320 bits per heavy atom. The normalized spacial score (nSPS) is 11.6. The lowest BCUT2D eigenvalue weighted by Gasteiger charge is -2.26. The first-order valence-corrected chi connectivity index (χ1v) is 17.9. The minimum atomic E-state index is 1.12. The van der Waals surface area contributed by atoms with Crippen LogP contribution in [0.5, 0.6) is 0 Å². The van der Waals surface area contributed by atoms with Crippen LogP contribution in [0.2, 0.25) is 0 Å². The van der Waals surface area contributed by atoms with E-state index in [2.05, 4.69) is 193 Å². The van der Waals surface area contributed by atoms with Gasteiger partial charge < -0.3 is 4.90 Å². The second kappa shape index (κ2) is 11.7. The third kappa shape index (κ3) is 4.76. The SMILES string of the molecule is c1ccc(-c2ccc(N(c3ccc(-c4cc5ccc6ccccc6c5c5ccccc45)cc3)c3ccc4c(c3)sc3ccccc34)cc2)cc1. The van der Waals surface area contributed by atoms with Crippen molar-refractivity contribution in [3.8, 4) is 22.3 Å². The molecule has 0 fully saturated rings. The number of hydrogen-bond donors (Lipinski definition) is 0. The Bertz CT molecular complexity index is 2850. The van der Waals surface area contributed by atoms with Crippen molar-refractivity contribution in [1.29, 1.82) is 0 Å². The van der Waals surface area contributed by atoms with Crippen LogP contribution in [-0.2, 0) is 0 Å². The first-order valence-electron chi connectivity index (χ1n) is 17.1. The number of benzene rings is 9. The second-order valence-electron chi connectivity index (χ2n) is 12.9. The van der Waals surface area contributed by atoms with Crippen LogP contribution >= 0.6 is 11.3 Å². The number of fused-ring (bicyclic) bond motifs is 8. The van der Waals surface area contributed by atoms with Gasteiger partial charge in [0.25, 0.3) is 0 Å². The third-order valence-corrected chi connectivity index (χ3v) is 11.2.